The lowest BCUT2D eigenvalue weighted by Gasteiger charge is -2.18. The minimum absolute atomic E-state index is 0.0931. The molecule has 136 valence electrons. The number of amides is 2. The number of nitrogens with zero attached hydrogens (tertiary/aromatic N) is 1. The Balaban J connectivity index is 1.92. The molecule has 2 atom stereocenters. The molecule has 0 saturated carbocycles. The smallest absolute Gasteiger partial charge is 0.326 e. The quantitative estimate of drug-likeness (QED) is 0.729. The average Bonchev–Trinajstić information content (AvgIpc) is 2.94. The summed E-state index contributed by atoms with van der Waals surface area (Å²) in [5.74, 6) is -2.12. The molecule has 7 heteroatoms. The van der Waals surface area contributed by atoms with Crippen molar-refractivity contribution in [3.63, 3.8) is 0 Å². The van der Waals surface area contributed by atoms with Crippen LogP contribution in [0.5, 0.6) is 0 Å². The van der Waals surface area contributed by atoms with Crippen LogP contribution in [-0.2, 0) is 25.7 Å². The highest BCUT2D eigenvalue weighted by atomic mass is 16.5. The molecule has 1 saturated heterocycles. The van der Waals surface area contributed by atoms with Crippen LogP contribution in [0.25, 0.3) is 0 Å². The highest BCUT2D eigenvalue weighted by Crippen LogP contribution is 2.21. The van der Waals surface area contributed by atoms with E-state index in [1.165, 1.54) is 7.11 Å². The molecule has 1 aromatic rings. The van der Waals surface area contributed by atoms with Gasteiger partial charge < -0.3 is 20.1 Å². The monoisotopic (exact) mass is 348 g/mol. The third-order valence-electron chi connectivity index (χ3n) is 4.30. The van der Waals surface area contributed by atoms with E-state index in [1.54, 1.807) is 4.90 Å². The van der Waals surface area contributed by atoms with Crippen molar-refractivity contribution in [2.45, 2.75) is 32.4 Å². The van der Waals surface area contributed by atoms with E-state index in [-0.39, 0.29) is 25.4 Å². The minimum Gasteiger partial charge on any atom is -0.480 e. The van der Waals surface area contributed by atoms with E-state index >= 15 is 0 Å². The summed E-state index contributed by atoms with van der Waals surface area (Å²) in [4.78, 5) is 37.3. The highest BCUT2D eigenvalue weighted by molar-refractivity contribution is 5.91. The lowest BCUT2D eigenvalue weighted by Crippen LogP contribution is -2.44. The van der Waals surface area contributed by atoms with E-state index in [0.717, 1.165) is 11.1 Å². The fourth-order valence-electron chi connectivity index (χ4n) is 2.80. The number of rotatable bonds is 8. The summed E-state index contributed by atoms with van der Waals surface area (Å²) < 4.78 is 4.86. The van der Waals surface area contributed by atoms with Crippen molar-refractivity contribution in [1.82, 2.24) is 10.2 Å². The molecule has 1 aliphatic heterocycles. The molecule has 1 fully saturated rings. The second-order valence-electron chi connectivity index (χ2n) is 6.34. The van der Waals surface area contributed by atoms with Gasteiger partial charge in [0.05, 0.1) is 5.92 Å². The zero-order valence-electron chi connectivity index (χ0n) is 14.5. The van der Waals surface area contributed by atoms with Gasteiger partial charge in [-0.1, -0.05) is 29.8 Å². The summed E-state index contributed by atoms with van der Waals surface area (Å²) in [7, 11) is 1.47. The van der Waals surface area contributed by atoms with Gasteiger partial charge in [-0.2, -0.15) is 0 Å². The highest BCUT2D eigenvalue weighted by Gasteiger charge is 2.35. The van der Waals surface area contributed by atoms with E-state index in [1.807, 2.05) is 31.2 Å². The number of hydrogen-bond donors (Lipinski definition) is 2. The Morgan fingerprint density at radius 2 is 2.04 bits per heavy atom. The number of likely N-dealkylation sites (tertiary alicyclic amines) is 1. The van der Waals surface area contributed by atoms with Gasteiger partial charge in [-0.3, -0.25) is 9.59 Å². The van der Waals surface area contributed by atoms with Crippen LogP contribution in [-0.4, -0.2) is 54.1 Å². The first-order valence-electron chi connectivity index (χ1n) is 8.26. The van der Waals surface area contributed by atoms with Gasteiger partial charge in [0.2, 0.25) is 11.8 Å². The van der Waals surface area contributed by atoms with Crippen LogP contribution >= 0.6 is 0 Å². The maximum absolute atomic E-state index is 12.3. The molecule has 2 amide bonds. The molecule has 2 N–H and O–H groups in total. The summed E-state index contributed by atoms with van der Waals surface area (Å²) in [6.07, 6.45) is 0.291. The fraction of sp³-hybridized carbons (Fsp3) is 0.500. The third kappa shape index (κ3) is 5.29. The number of aliphatic carboxylic acids is 1. The zero-order valence-corrected chi connectivity index (χ0v) is 14.5. The Bertz CT molecular complexity index is 629. The van der Waals surface area contributed by atoms with Crippen molar-refractivity contribution in [2.24, 2.45) is 5.92 Å². The largest absolute Gasteiger partial charge is 0.480 e. The van der Waals surface area contributed by atoms with Gasteiger partial charge in [-0.25, -0.2) is 4.79 Å². The van der Waals surface area contributed by atoms with E-state index in [2.05, 4.69) is 5.32 Å². The predicted octanol–water partition coefficient (Wildman–Crippen LogP) is 0.949. The maximum atomic E-state index is 12.3. The SMILES string of the molecule is COCCC(NC(=O)C1CC(=O)N(Cc2ccc(C)cc2)C1)C(=O)O. The summed E-state index contributed by atoms with van der Waals surface area (Å²) in [5.41, 5.74) is 2.15. The Kier molecular flexibility index (Phi) is 6.52. The number of ether oxygens (including phenoxy) is 1. The second-order valence-corrected chi connectivity index (χ2v) is 6.34. The standard InChI is InChI=1S/C18H24N2O5/c1-12-3-5-13(6-4-12)10-20-11-14(9-16(20)21)17(22)19-15(18(23)24)7-8-25-2/h3-6,14-15H,7-11H2,1-2H3,(H,19,22)(H,23,24). The summed E-state index contributed by atoms with van der Waals surface area (Å²) in [5, 5.41) is 11.7. The first kappa shape index (κ1) is 18.9. The van der Waals surface area contributed by atoms with Crippen LogP contribution in [0.3, 0.4) is 0 Å². The molecular weight excluding hydrogens is 324 g/mol. The van der Waals surface area contributed by atoms with Crippen LogP contribution in [0.4, 0.5) is 0 Å². The van der Waals surface area contributed by atoms with Gasteiger partial charge in [-0.05, 0) is 12.5 Å². The normalized spacial score (nSPS) is 18.2. The Morgan fingerprint density at radius 3 is 2.64 bits per heavy atom. The topological polar surface area (TPSA) is 95.9 Å². The number of carbonyl (C=O) groups is 3. The van der Waals surface area contributed by atoms with Crippen LogP contribution in [0.15, 0.2) is 24.3 Å². The van der Waals surface area contributed by atoms with Gasteiger partial charge in [0.25, 0.3) is 0 Å². The summed E-state index contributed by atoms with van der Waals surface area (Å²) in [6, 6.07) is 6.87. The first-order chi connectivity index (χ1) is 11.9. The van der Waals surface area contributed by atoms with Gasteiger partial charge in [0.1, 0.15) is 6.04 Å². The molecule has 0 aromatic heterocycles. The summed E-state index contributed by atoms with van der Waals surface area (Å²) in [6.45, 7) is 2.98. The van der Waals surface area contributed by atoms with E-state index < -0.39 is 23.8 Å². The average molecular weight is 348 g/mol. The number of hydrogen-bond acceptors (Lipinski definition) is 4. The van der Waals surface area contributed by atoms with Crippen LogP contribution < -0.4 is 5.32 Å². The third-order valence-corrected chi connectivity index (χ3v) is 4.30. The van der Waals surface area contributed by atoms with Gasteiger partial charge in [0.15, 0.2) is 0 Å². The van der Waals surface area contributed by atoms with Crippen molar-refractivity contribution in [1.29, 1.82) is 0 Å². The number of methoxy groups -OCH3 is 1. The van der Waals surface area contributed by atoms with E-state index in [0.29, 0.717) is 13.1 Å². The number of aryl methyl sites for hydroxylation is 1. The Morgan fingerprint density at radius 1 is 1.36 bits per heavy atom. The van der Waals surface area contributed by atoms with Crippen LogP contribution in [0.2, 0.25) is 0 Å². The van der Waals surface area contributed by atoms with Crippen molar-refractivity contribution in [3.05, 3.63) is 35.4 Å². The predicted molar refractivity (Wildman–Crippen MR) is 90.8 cm³/mol. The van der Waals surface area contributed by atoms with Crippen molar-refractivity contribution in [3.8, 4) is 0 Å². The molecule has 7 nitrogen and oxygen atoms in total. The molecule has 1 aromatic carbocycles. The number of carboxylic acids is 1. The molecule has 0 radical (unpaired) electrons. The van der Waals surface area contributed by atoms with E-state index in [4.69, 9.17) is 9.84 Å². The Labute approximate surface area is 147 Å². The molecule has 1 heterocycles. The van der Waals surface area contributed by atoms with Crippen LogP contribution in [0.1, 0.15) is 24.0 Å². The minimum atomic E-state index is -1.11. The first-order valence-corrected chi connectivity index (χ1v) is 8.26. The number of nitrogens with one attached hydrogen (secondary N) is 1. The van der Waals surface area contributed by atoms with Crippen molar-refractivity contribution >= 4 is 17.8 Å². The fourth-order valence-corrected chi connectivity index (χ4v) is 2.80. The molecule has 25 heavy (non-hydrogen) atoms. The molecule has 1 aliphatic rings. The molecule has 0 bridgehead atoms. The number of carbonyl (C=O) groups excluding carboxylic acids is 2. The maximum Gasteiger partial charge on any atom is 0.326 e. The second kappa shape index (κ2) is 8.62. The molecule has 2 unspecified atom stereocenters. The molecule has 0 spiro atoms. The lowest BCUT2D eigenvalue weighted by molar-refractivity contribution is -0.142. The zero-order chi connectivity index (χ0) is 18.4. The Hall–Kier alpha value is -2.41. The van der Waals surface area contributed by atoms with Gasteiger partial charge in [-0.15, -0.1) is 0 Å². The molecule has 2 rings (SSSR count). The molecular formula is C18H24N2O5. The van der Waals surface area contributed by atoms with Gasteiger partial charge >= 0.3 is 5.97 Å². The number of carboxylic acid groups (broad SMARTS) is 1. The van der Waals surface area contributed by atoms with E-state index in [9.17, 15) is 14.4 Å². The number of benzene rings is 1. The lowest BCUT2D eigenvalue weighted by atomic mass is 10.1. The van der Waals surface area contributed by atoms with Crippen molar-refractivity contribution in [2.75, 3.05) is 20.3 Å². The van der Waals surface area contributed by atoms with Crippen LogP contribution in [0, 0.1) is 12.8 Å². The van der Waals surface area contributed by atoms with Crippen molar-refractivity contribution < 1.29 is 24.2 Å². The van der Waals surface area contributed by atoms with Gasteiger partial charge in [0, 0.05) is 39.6 Å². The summed E-state index contributed by atoms with van der Waals surface area (Å²) >= 11 is 0. The molecule has 0 aliphatic carbocycles.